The second-order valence-electron chi connectivity index (χ2n) is 6.84. The average Bonchev–Trinajstić information content (AvgIpc) is 3.11. The molecule has 30 heavy (non-hydrogen) atoms. The van der Waals surface area contributed by atoms with Gasteiger partial charge in [0.25, 0.3) is 5.91 Å². The molecule has 0 atom stereocenters. The summed E-state index contributed by atoms with van der Waals surface area (Å²) in [4.78, 5) is 17.9. The first kappa shape index (κ1) is 21.8. The van der Waals surface area contributed by atoms with E-state index >= 15 is 0 Å². The molecule has 0 radical (unpaired) electrons. The molecule has 0 spiro atoms. The molecule has 0 aliphatic heterocycles. The number of nitrogens with zero attached hydrogens (tertiary/aromatic N) is 1. The summed E-state index contributed by atoms with van der Waals surface area (Å²) < 4.78 is 11.3. The first-order chi connectivity index (χ1) is 14.6. The Bertz CT molecular complexity index is 970. The Morgan fingerprint density at radius 1 is 1.00 bits per heavy atom. The van der Waals surface area contributed by atoms with Crippen LogP contribution in [-0.2, 0) is 12.8 Å². The molecule has 0 fully saturated rings. The minimum absolute atomic E-state index is 0.0692. The lowest BCUT2D eigenvalue weighted by Crippen LogP contribution is -2.25. The van der Waals surface area contributed by atoms with E-state index in [2.05, 4.69) is 22.4 Å². The third-order valence-corrected chi connectivity index (χ3v) is 5.71. The van der Waals surface area contributed by atoms with Gasteiger partial charge in [0.1, 0.15) is 4.88 Å². The van der Waals surface area contributed by atoms with Gasteiger partial charge >= 0.3 is 0 Å². The van der Waals surface area contributed by atoms with E-state index < -0.39 is 0 Å². The largest absolute Gasteiger partial charge is 0.490 e. The first-order valence-corrected chi connectivity index (χ1v) is 11.1. The Morgan fingerprint density at radius 2 is 1.73 bits per heavy atom. The second-order valence-corrected chi connectivity index (χ2v) is 7.92. The molecule has 0 aliphatic carbocycles. The highest BCUT2D eigenvalue weighted by Gasteiger charge is 2.15. The Morgan fingerprint density at radius 3 is 2.47 bits per heavy atom. The van der Waals surface area contributed by atoms with E-state index in [9.17, 15) is 4.79 Å². The number of hydrogen-bond donors (Lipinski definition) is 1. The lowest BCUT2D eigenvalue weighted by molar-refractivity contribution is 0.0957. The Kier molecular flexibility index (Phi) is 7.85. The molecule has 3 rings (SSSR count). The number of rotatable bonds is 10. The van der Waals surface area contributed by atoms with Gasteiger partial charge in [0.15, 0.2) is 11.5 Å². The normalized spacial score (nSPS) is 10.6. The molecule has 0 unspecified atom stereocenters. The highest BCUT2D eigenvalue weighted by atomic mass is 32.1. The highest BCUT2D eigenvalue weighted by molar-refractivity contribution is 7.13. The zero-order valence-corrected chi connectivity index (χ0v) is 18.6. The van der Waals surface area contributed by atoms with Crippen molar-refractivity contribution < 1.29 is 14.3 Å². The van der Waals surface area contributed by atoms with E-state index in [1.807, 2.05) is 57.2 Å². The maximum Gasteiger partial charge on any atom is 0.263 e. The highest BCUT2D eigenvalue weighted by Crippen LogP contribution is 2.28. The zero-order valence-electron chi connectivity index (χ0n) is 17.7. The predicted molar refractivity (Wildman–Crippen MR) is 121 cm³/mol. The van der Waals surface area contributed by atoms with E-state index in [0.29, 0.717) is 31.1 Å². The SMILES string of the molecule is CCOc1ccc(CCNC(=O)c2sc(Cc3ccccc3)nc2C)cc1OCC. The number of aromatic nitrogens is 1. The van der Waals surface area contributed by atoms with Crippen LogP contribution in [0.5, 0.6) is 11.5 Å². The van der Waals surface area contributed by atoms with Gasteiger partial charge in [-0.25, -0.2) is 4.98 Å². The smallest absolute Gasteiger partial charge is 0.263 e. The predicted octanol–water partition coefficient (Wildman–Crippen LogP) is 4.81. The minimum Gasteiger partial charge on any atom is -0.490 e. The van der Waals surface area contributed by atoms with Gasteiger partial charge in [0.2, 0.25) is 0 Å². The lowest BCUT2D eigenvalue weighted by atomic mass is 10.1. The summed E-state index contributed by atoms with van der Waals surface area (Å²) in [5.41, 5.74) is 3.06. The summed E-state index contributed by atoms with van der Waals surface area (Å²) in [6.45, 7) is 7.51. The number of carbonyl (C=O) groups is 1. The van der Waals surface area contributed by atoms with Crippen LogP contribution in [0.3, 0.4) is 0 Å². The van der Waals surface area contributed by atoms with Crippen molar-refractivity contribution in [2.45, 2.75) is 33.6 Å². The van der Waals surface area contributed by atoms with E-state index in [4.69, 9.17) is 9.47 Å². The molecule has 3 aromatic rings. The number of nitrogens with one attached hydrogen (secondary N) is 1. The van der Waals surface area contributed by atoms with Crippen molar-refractivity contribution in [3.05, 3.63) is 75.2 Å². The number of benzene rings is 2. The number of aryl methyl sites for hydroxylation is 1. The van der Waals surface area contributed by atoms with Gasteiger partial charge in [0.05, 0.1) is 23.9 Å². The number of ether oxygens (including phenoxy) is 2. The molecule has 5 nitrogen and oxygen atoms in total. The maximum atomic E-state index is 12.6. The fourth-order valence-electron chi connectivity index (χ4n) is 3.16. The summed E-state index contributed by atoms with van der Waals surface area (Å²) in [6, 6.07) is 16.1. The van der Waals surface area contributed by atoms with Crippen molar-refractivity contribution >= 4 is 17.2 Å². The standard InChI is InChI=1S/C24H28N2O3S/c1-4-28-20-12-11-19(15-21(20)29-5-2)13-14-25-24(27)23-17(3)26-22(30-23)16-18-9-7-6-8-10-18/h6-12,15H,4-5,13-14,16H2,1-3H3,(H,25,27). The van der Waals surface area contributed by atoms with Crippen molar-refractivity contribution in [2.75, 3.05) is 19.8 Å². The number of amides is 1. The molecule has 1 aromatic heterocycles. The fourth-order valence-corrected chi connectivity index (χ4v) is 4.18. The number of carbonyl (C=O) groups excluding carboxylic acids is 1. The van der Waals surface area contributed by atoms with Crippen LogP contribution < -0.4 is 14.8 Å². The van der Waals surface area contributed by atoms with Crippen LogP contribution in [0.15, 0.2) is 48.5 Å². The summed E-state index contributed by atoms with van der Waals surface area (Å²) in [5, 5.41) is 3.97. The van der Waals surface area contributed by atoms with Gasteiger partial charge in [-0.05, 0) is 50.5 Å². The first-order valence-electron chi connectivity index (χ1n) is 10.3. The molecule has 1 heterocycles. The second kappa shape index (κ2) is 10.8. The Balaban J connectivity index is 1.57. The van der Waals surface area contributed by atoms with Crippen LogP contribution >= 0.6 is 11.3 Å². The number of thiazole rings is 1. The van der Waals surface area contributed by atoms with Gasteiger partial charge in [-0.1, -0.05) is 36.4 Å². The van der Waals surface area contributed by atoms with Crippen LogP contribution in [-0.4, -0.2) is 30.6 Å². The fraction of sp³-hybridized carbons (Fsp3) is 0.333. The van der Waals surface area contributed by atoms with E-state index in [-0.39, 0.29) is 5.91 Å². The van der Waals surface area contributed by atoms with E-state index in [0.717, 1.165) is 34.2 Å². The van der Waals surface area contributed by atoms with Gasteiger partial charge in [-0.15, -0.1) is 11.3 Å². The summed E-state index contributed by atoms with van der Waals surface area (Å²) in [6.07, 6.45) is 1.46. The maximum absolute atomic E-state index is 12.6. The Hall–Kier alpha value is -2.86. The molecule has 1 N–H and O–H groups in total. The van der Waals surface area contributed by atoms with Gasteiger partial charge in [-0.2, -0.15) is 0 Å². The number of hydrogen-bond acceptors (Lipinski definition) is 5. The zero-order chi connectivity index (χ0) is 21.3. The monoisotopic (exact) mass is 424 g/mol. The summed E-state index contributed by atoms with van der Waals surface area (Å²) in [5.74, 6) is 1.42. The van der Waals surface area contributed by atoms with Crippen LogP contribution in [0.4, 0.5) is 0 Å². The summed E-state index contributed by atoms with van der Waals surface area (Å²) >= 11 is 1.47. The molecule has 6 heteroatoms. The molecular formula is C24H28N2O3S. The molecule has 2 aromatic carbocycles. The van der Waals surface area contributed by atoms with Crippen molar-refractivity contribution in [1.82, 2.24) is 10.3 Å². The molecule has 0 bridgehead atoms. The molecule has 0 aliphatic rings. The molecule has 158 valence electrons. The van der Waals surface area contributed by atoms with Crippen molar-refractivity contribution in [2.24, 2.45) is 0 Å². The van der Waals surface area contributed by atoms with Crippen LogP contribution in [0, 0.1) is 6.92 Å². The van der Waals surface area contributed by atoms with Crippen LogP contribution in [0.1, 0.15) is 45.3 Å². The van der Waals surface area contributed by atoms with Crippen molar-refractivity contribution in [3.8, 4) is 11.5 Å². The minimum atomic E-state index is -0.0692. The van der Waals surface area contributed by atoms with Gasteiger partial charge in [-0.3, -0.25) is 4.79 Å². The van der Waals surface area contributed by atoms with Crippen LogP contribution in [0.25, 0.3) is 0 Å². The van der Waals surface area contributed by atoms with E-state index in [1.165, 1.54) is 16.9 Å². The quantitative estimate of drug-likeness (QED) is 0.507. The van der Waals surface area contributed by atoms with Gasteiger partial charge in [0, 0.05) is 13.0 Å². The molecule has 1 amide bonds. The third kappa shape index (κ3) is 5.83. The third-order valence-electron chi connectivity index (χ3n) is 4.55. The van der Waals surface area contributed by atoms with Crippen molar-refractivity contribution in [1.29, 1.82) is 0 Å². The van der Waals surface area contributed by atoms with E-state index in [1.54, 1.807) is 0 Å². The summed E-state index contributed by atoms with van der Waals surface area (Å²) in [7, 11) is 0. The molecule has 0 saturated heterocycles. The van der Waals surface area contributed by atoms with Crippen LogP contribution in [0.2, 0.25) is 0 Å². The van der Waals surface area contributed by atoms with Crippen molar-refractivity contribution in [3.63, 3.8) is 0 Å². The lowest BCUT2D eigenvalue weighted by Gasteiger charge is -2.12. The van der Waals surface area contributed by atoms with Gasteiger partial charge < -0.3 is 14.8 Å². The average molecular weight is 425 g/mol. The Labute approximate surface area is 182 Å². The molecular weight excluding hydrogens is 396 g/mol. The topological polar surface area (TPSA) is 60.5 Å². The molecule has 0 saturated carbocycles.